The van der Waals surface area contributed by atoms with Gasteiger partial charge in [-0.3, -0.25) is 0 Å². The number of nitrogens with zero attached hydrogens (tertiary/aromatic N) is 2. The Bertz CT molecular complexity index is 743. The van der Waals surface area contributed by atoms with Gasteiger partial charge in [-0.1, -0.05) is 11.6 Å². The highest BCUT2D eigenvalue weighted by Gasteiger charge is 2.37. The summed E-state index contributed by atoms with van der Waals surface area (Å²) in [5.41, 5.74) is 6.38. The van der Waals surface area contributed by atoms with Gasteiger partial charge in [0.05, 0.1) is 16.6 Å². The number of thiazole rings is 1. The lowest BCUT2D eigenvalue weighted by Gasteiger charge is -2.22. The van der Waals surface area contributed by atoms with Crippen molar-refractivity contribution >= 4 is 38.1 Å². The summed E-state index contributed by atoms with van der Waals surface area (Å²) >= 11 is 7.15. The topological polar surface area (TPSA) is 76.3 Å². The van der Waals surface area contributed by atoms with E-state index in [1.165, 1.54) is 27.8 Å². The summed E-state index contributed by atoms with van der Waals surface area (Å²) in [5.74, 6) is 0. The number of aromatic nitrogens is 1. The summed E-state index contributed by atoms with van der Waals surface area (Å²) in [6, 6.07) is 5.99. The highest BCUT2D eigenvalue weighted by molar-refractivity contribution is 7.89. The first-order valence-electron chi connectivity index (χ1n) is 6.47. The fourth-order valence-electron chi connectivity index (χ4n) is 2.52. The average molecular weight is 344 g/mol. The maximum atomic E-state index is 12.8. The van der Waals surface area contributed by atoms with E-state index < -0.39 is 10.0 Å². The fourth-order valence-corrected chi connectivity index (χ4v) is 4.92. The largest absolute Gasteiger partial charge is 0.375 e. The van der Waals surface area contributed by atoms with E-state index in [9.17, 15) is 8.42 Å². The molecule has 1 fully saturated rings. The van der Waals surface area contributed by atoms with Crippen LogP contribution in [0, 0.1) is 0 Å². The molecule has 1 saturated heterocycles. The number of nitrogens with two attached hydrogens (primary N) is 1. The minimum absolute atomic E-state index is 0.237. The van der Waals surface area contributed by atoms with Gasteiger partial charge in [0.1, 0.15) is 0 Å². The highest BCUT2D eigenvalue weighted by Crippen LogP contribution is 2.37. The molecule has 1 atom stereocenters. The first-order valence-corrected chi connectivity index (χ1v) is 9.16. The minimum atomic E-state index is -3.55. The summed E-state index contributed by atoms with van der Waals surface area (Å²) in [5, 5.41) is 2.80. The third-order valence-electron chi connectivity index (χ3n) is 3.51. The normalized spacial score (nSPS) is 20.0. The number of hydrogen-bond acceptors (Lipinski definition) is 5. The molecule has 1 aliphatic heterocycles. The summed E-state index contributed by atoms with van der Waals surface area (Å²) in [4.78, 5) is 4.49. The van der Waals surface area contributed by atoms with Crippen LogP contribution in [-0.2, 0) is 10.0 Å². The minimum Gasteiger partial charge on any atom is -0.375 e. The van der Waals surface area contributed by atoms with Crippen molar-refractivity contribution in [1.82, 2.24) is 9.29 Å². The van der Waals surface area contributed by atoms with Crippen LogP contribution < -0.4 is 5.73 Å². The Balaban J connectivity index is 1.96. The van der Waals surface area contributed by atoms with Gasteiger partial charge >= 0.3 is 0 Å². The third kappa shape index (κ3) is 2.78. The second-order valence-corrected chi connectivity index (χ2v) is 8.05. The van der Waals surface area contributed by atoms with E-state index in [0.717, 1.165) is 18.5 Å². The SMILES string of the molecule is Nc1nc([C@@H]2CCCN2S(=O)(=O)c2ccc(Cl)cc2)cs1. The predicted octanol–water partition coefficient (Wildman–Crippen LogP) is 2.90. The summed E-state index contributed by atoms with van der Waals surface area (Å²) < 4.78 is 27.0. The van der Waals surface area contributed by atoms with Crippen LogP contribution in [0.15, 0.2) is 34.5 Å². The van der Waals surface area contributed by atoms with Gasteiger partial charge in [0, 0.05) is 16.9 Å². The fraction of sp³-hybridized carbons (Fsp3) is 0.308. The number of nitrogen functional groups attached to an aromatic ring is 1. The quantitative estimate of drug-likeness (QED) is 0.929. The Morgan fingerprint density at radius 2 is 2.05 bits per heavy atom. The van der Waals surface area contributed by atoms with Gasteiger partial charge < -0.3 is 5.73 Å². The van der Waals surface area contributed by atoms with Gasteiger partial charge in [0.25, 0.3) is 0 Å². The molecule has 0 aliphatic carbocycles. The Morgan fingerprint density at radius 3 is 2.67 bits per heavy atom. The van der Waals surface area contributed by atoms with E-state index in [4.69, 9.17) is 17.3 Å². The van der Waals surface area contributed by atoms with Gasteiger partial charge in [-0.05, 0) is 37.1 Å². The Kier molecular flexibility index (Phi) is 3.92. The highest BCUT2D eigenvalue weighted by atomic mass is 35.5. The molecule has 8 heteroatoms. The van der Waals surface area contributed by atoms with Gasteiger partial charge in [-0.2, -0.15) is 4.31 Å². The van der Waals surface area contributed by atoms with Crippen molar-refractivity contribution in [2.45, 2.75) is 23.8 Å². The number of benzene rings is 1. The van der Waals surface area contributed by atoms with Gasteiger partial charge in [-0.25, -0.2) is 13.4 Å². The van der Waals surface area contributed by atoms with Gasteiger partial charge in [0.2, 0.25) is 10.0 Å². The molecule has 1 aromatic carbocycles. The lowest BCUT2D eigenvalue weighted by atomic mass is 10.2. The number of halogens is 1. The van der Waals surface area contributed by atoms with Crippen molar-refractivity contribution in [2.75, 3.05) is 12.3 Å². The van der Waals surface area contributed by atoms with Crippen molar-refractivity contribution < 1.29 is 8.42 Å². The molecule has 2 aromatic rings. The second-order valence-electron chi connectivity index (χ2n) is 4.84. The molecule has 0 saturated carbocycles. The average Bonchev–Trinajstić information content (AvgIpc) is 3.07. The standard InChI is InChI=1S/C13H14ClN3O2S2/c14-9-3-5-10(6-4-9)21(18,19)17-7-1-2-12(17)11-8-20-13(15)16-11/h3-6,8,12H,1-2,7H2,(H2,15,16)/t12-/m0/s1. The van der Waals surface area contributed by atoms with E-state index >= 15 is 0 Å². The van der Waals surface area contributed by atoms with Crippen molar-refractivity contribution in [2.24, 2.45) is 0 Å². The first-order chi connectivity index (χ1) is 9.98. The summed E-state index contributed by atoms with van der Waals surface area (Å²) in [6.45, 7) is 0.493. The third-order valence-corrected chi connectivity index (χ3v) is 6.37. The van der Waals surface area contributed by atoms with E-state index in [-0.39, 0.29) is 10.9 Å². The van der Waals surface area contributed by atoms with Crippen LogP contribution in [0.1, 0.15) is 24.6 Å². The second kappa shape index (κ2) is 5.57. The molecule has 0 bridgehead atoms. The maximum absolute atomic E-state index is 12.8. The van der Waals surface area contributed by atoms with Crippen molar-refractivity contribution in [3.05, 3.63) is 40.4 Å². The Morgan fingerprint density at radius 1 is 1.33 bits per heavy atom. The number of hydrogen-bond donors (Lipinski definition) is 1. The molecule has 112 valence electrons. The van der Waals surface area contributed by atoms with Crippen LogP contribution in [0.4, 0.5) is 5.13 Å². The van der Waals surface area contributed by atoms with Crippen LogP contribution >= 0.6 is 22.9 Å². The first kappa shape index (κ1) is 14.8. The van der Waals surface area contributed by atoms with E-state index in [0.29, 0.717) is 16.7 Å². The molecular formula is C13H14ClN3O2S2. The Hall–Kier alpha value is -1.15. The maximum Gasteiger partial charge on any atom is 0.243 e. The number of anilines is 1. The molecule has 5 nitrogen and oxygen atoms in total. The smallest absolute Gasteiger partial charge is 0.243 e. The van der Waals surface area contributed by atoms with Gasteiger partial charge in [0.15, 0.2) is 5.13 Å². The van der Waals surface area contributed by atoms with Crippen LogP contribution in [0.3, 0.4) is 0 Å². The molecule has 0 radical (unpaired) electrons. The van der Waals surface area contributed by atoms with Crippen molar-refractivity contribution in [1.29, 1.82) is 0 Å². The molecule has 0 spiro atoms. The van der Waals surface area contributed by atoms with Gasteiger partial charge in [-0.15, -0.1) is 11.3 Å². The summed E-state index contributed by atoms with van der Waals surface area (Å²) in [6.07, 6.45) is 1.57. The molecule has 2 N–H and O–H groups in total. The number of rotatable bonds is 3. The molecule has 0 amide bonds. The lowest BCUT2D eigenvalue weighted by Crippen LogP contribution is -2.30. The zero-order valence-corrected chi connectivity index (χ0v) is 13.5. The van der Waals surface area contributed by atoms with Crippen LogP contribution in [0.2, 0.25) is 5.02 Å². The zero-order chi connectivity index (χ0) is 15.0. The number of sulfonamides is 1. The van der Waals surface area contributed by atoms with Crippen LogP contribution in [0.5, 0.6) is 0 Å². The molecule has 2 heterocycles. The molecule has 1 aliphatic rings. The lowest BCUT2D eigenvalue weighted by molar-refractivity contribution is 0.392. The molecule has 0 unspecified atom stereocenters. The monoisotopic (exact) mass is 343 g/mol. The van der Waals surface area contributed by atoms with Crippen LogP contribution in [-0.4, -0.2) is 24.3 Å². The predicted molar refractivity (Wildman–Crippen MR) is 83.8 cm³/mol. The Labute approximate surface area is 132 Å². The van der Waals surface area contributed by atoms with E-state index in [1.54, 1.807) is 12.1 Å². The molecule has 21 heavy (non-hydrogen) atoms. The van der Waals surface area contributed by atoms with Crippen molar-refractivity contribution in [3.8, 4) is 0 Å². The van der Waals surface area contributed by atoms with Crippen molar-refractivity contribution in [3.63, 3.8) is 0 Å². The van der Waals surface area contributed by atoms with Crippen LogP contribution in [0.25, 0.3) is 0 Å². The van der Waals surface area contributed by atoms with E-state index in [2.05, 4.69) is 4.98 Å². The molecular weight excluding hydrogens is 330 g/mol. The zero-order valence-electron chi connectivity index (χ0n) is 11.1. The van der Waals surface area contributed by atoms with E-state index in [1.807, 2.05) is 5.38 Å². The summed E-state index contributed by atoms with van der Waals surface area (Å²) in [7, 11) is -3.55. The molecule has 3 rings (SSSR count). The molecule has 1 aromatic heterocycles.